The van der Waals surface area contributed by atoms with Crippen molar-refractivity contribution in [2.75, 3.05) is 17.4 Å². The highest BCUT2D eigenvalue weighted by Gasteiger charge is 2.19. The van der Waals surface area contributed by atoms with E-state index < -0.39 is 17.1 Å². The van der Waals surface area contributed by atoms with Crippen LogP contribution in [0.5, 0.6) is 11.5 Å². The Bertz CT molecular complexity index is 1640. The van der Waals surface area contributed by atoms with E-state index in [4.69, 9.17) is 9.47 Å². The number of anilines is 2. The zero-order chi connectivity index (χ0) is 29.5. The lowest BCUT2D eigenvalue weighted by atomic mass is 10.1. The van der Waals surface area contributed by atoms with Gasteiger partial charge in [-0.2, -0.15) is 0 Å². The molecule has 1 unspecified atom stereocenters. The molecule has 0 radical (unpaired) electrons. The van der Waals surface area contributed by atoms with Gasteiger partial charge in [0.25, 0.3) is 11.8 Å². The Labute approximate surface area is 255 Å². The summed E-state index contributed by atoms with van der Waals surface area (Å²) in [5.41, 5.74) is 2.38. The molecule has 0 saturated carbocycles. The van der Waals surface area contributed by atoms with Crippen molar-refractivity contribution < 1.29 is 23.9 Å². The summed E-state index contributed by atoms with van der Waals surface area (Å²) in [4.78, 5) is 39.9. The van der Waals surface area contributed by atoms with Crippen LogP contribution in [0.4, 0.5) is 11.4 Å². The van der Waals surface area contributed by atoms with E-state index in [1.54, 1.807) is 73.7 Å². The fourth-order valence-corrected chi connectivity index (χ4v) is 5.18. The van der Waals surface area contributed by atoms with Gasteiger partial charge in [0, 0.05) is 32.4 Å². The first-order valence-corrected chi connectivity index (χ1v) is 14.6. The number of halogens is 1. The standard InChI is InChI=1S/C32H26BrN3O5S/c1-20(30(37)34-25-14-15-28-29(18-25)41-19-40-28)42-26-9-5-8-24(17-26)35-32(39)27(16-21-10-12-23(33)13-11-21)36-31(38)22-6-3-2-4-7-22/h2-18,20H,19H2,1H3,(H,34,37)(H,35,39)(H,36,38)/b27-16-. The van der Waals surface area contributed by atoms with Crippen LogP contribution in [-0.2, 0) is 9.59 Å². The van der Waals surface area contributed by atoms with Gasteiger partial charge >= 0.3 is 0 Å². The molecule has 0 spiro atoms. The van der Waals surface area contributed by atoms with Gasteiger partial charge in [0.15, 0.2) is 11.5 Å². The summed E-state index contributed by atoms with van der Waals surface area (Å²) < 4.78 is 11.6. The van der Waals surface area contributed by atoms with E-state index in [0.29, 0.717) is 28.4 Å². The molecule has 0 bridgehead atoms. The van der Waals surface area contributed by atoms with Crippen LogP contribution >= 0.6 is 27.7 Å². The smallest absolute Gasteiger partial charge is 0.272 e. The molecule has 4 aromatic rings. The lowest BCUT2D eigenvalue weighted by Crippen LogP contribution is -2.30. The van der Waals surface area contributed by atoms with E-state index in [9.17, 15) is 14.4 Å². The van der Waals surface area contributed by atoms with Crippen molar-refractivity contribution in [3.8, 4) is 11.5 Å². The fourth-order valence-electron chi connectivity index (χ4n) is 3.99. The average Bonchev–Trinajstić information content (AvgIpc) is 3.46. The minimum absolute atomic E-state index is 0.0840. The number of nitrogens with one attached hydrogen (secondary N) is 3. The maximum absolute atomic E-state index is 13.4. The highest BCUT2D eigenvalue weighted by atomic mass is 79.9. The number of thioether (sulfide) groups is 1. The second kappa shape index (κ2) is 13.4. The Morgan fingerprint density at radius 3 is 2.36 bits per heavy atom. The summed E-state index contributed by atoms with van der Waals surface area (Å²) in [7, 11) is 0. The molecule has 3 amide bonds. The fraction of sp³-hybridized carbons (Fsp3) is 0.0938. The van der Waals surface area contributed by atoms with Crippen molar-refractivity contribution in [1.29, 1.82) is 0 Å². The number of hydrogen-bond donors (Lipinski definition) is 3. The second-order valence-electron chi connectivity index (χ2n) is 9.23. The van der Waals surface area contributed by atoms with E-state index >= 15 is 0 Å². The Morgan fingerprint density at radius 2 is 1.57 bits per heavy atom. The highest BCUT2D eigenvalue weighted by molar-refractivity contribution is 9.10. The largest absolute Gasteiger partial charge is 0.454 e. The minimum atomic E-state index is -0.488. The normalized spacial score (nSPS) is 12.8. The van der Waals surface area contributed by atoms with Crippen molar-refractivity contribution in [3.63, 3.8) is 0 Å². The van der Waals surface area contributed by atoms with Crippen LogP contribution in [0, 0.1) is 0 Å². The number of benzene rings is 4. The molecule has 8 nitrogen and oxygen atoms in total. The number of carbonyl (C=O) groups is 3. The van der Waals surface area contributed by atoms with Crippen LogP contribution < -0.4 is 25.4 Å². The first-order valence-electron chi connectivity index (χ1n) is 13.0. The Morgan fingerprint density at radius 1 is 0.833 bits per heavy atom. The van der Waals surface area contributed by atoms with Gasteiger partial charge in [0.05, 0.1) is 5.25 Å². The third-order valence-electron chi connectivity index (χ3n) is 6.12. The van der Waals surface area contributed by atoms with Crippen LogP contribution in [-0.4, -0.2) is 29.8 Å². The van der Waals surface area contributed by atoms with E-state index in [1.807, 2.05) is 36.4 Å². The van der Waals surface area contributed by atoms with Crippen LogP contribution in [0.25, 0.3) is 6.08 Å². The number of rotatable bonds is 9. The molecular weight excluding hydrogens is 618 g/mol. The predicted molar refractivity (Wildman–Crippen MR) is 168 cm³/mol. The molecule has 0 fully saturated rings. The van der Waals surface area contributed by atoms with Gasteiger partial charge in [0.1, 0.15) is 5.70 Å². The maximum atomic E-state index is 13.4. The number of carbonyl (C=O) groups excluding carboxylic acids is 3. The summed E-state index contributed by atoms with van der Waals surface area (Å²) in [6.45, 7) is 1.96. The van der Waals surface area contributed by atoms with Gasteiger partial charge in [-0.05, 0) is 73.2 Å². The summed E-state index contributed by atoms with van der Waals surface area (Å²) >= 11 is 4.76. The molecular formula is C32H26BrN3O5S. The lowest BCUT2D eigenvalue weighted by molar-refractivity contribution is -0.115. The first-order chi connectivity index (χ1) is 20.3. The maximum Gasteiger partial charge on any atom is 0.272 e. The summed E-state index contributed by atoms with van der Waals surface area (Å²) in [6.07, 6.45) is 1.61. The van der Waals surface area contributed by atoms with Gasteiger partial charge in [0.2, 0.25) is 12.7 Å². The van der Waals surface area contributed by atoms with Gasteiger partial charge in [-0.1, -0.05) is 52.3 Å². The summed E-state index contributed by atoms with van der Waals surface area (Å²) in [6, 6.07) is 28.5. The zero-order valence-corrected chi connectivity index (χ0v) is 24.8. The number of amides is 3. The van der Waals surface area contributed by atoms with Crippen LogP contribution in [0.1, 0.15) is 22.8 Å². The first kappa shape index (κ1) is 29.0. The van der Waals surface area contributed by atoms with Gasteiger partial charge in [-0.25, -0.2) is 0 Å². The number of fused-ring (bicyclic) bond motifs is 1. The van der Waals surface area contributed by atoms with Gasteiger partial charge in [-0.15, -0.1) is 11.8 Å². The van der Waals surface area contributed by atoms with Gasteiger partial charge in [-0.3, -0.25) is 14.4 Å². The lowest BCUT2D eigenvalue weighted by Gasteiger charge is -2.14. The molecule has 42 heavy (non-hydrogen) atoms. The average molecular weight is 645 g/mol. The minimum Gasteiger partial charge on any atom is -0.454 e. The third-order valence-corrected chi connectivity index (χ3v) is 7.75. The molecule has 3 N–H and O–H groups in total. The van der Waals surface area contributed by atoms with Gasteiger partial charge < -0.3 is 25.4 Å². The van der Waals surface area contributed by atoms with Crippen LogP contribution in [0.2, 0.25) is 0 Å². The molecule has 1 heterocycles. The van der Waals surface area contributed by atoms with E-state index in [1.165, 1.54) is 11.8 Å². The highest BCUT2D eigenvalue weighted by Crippen LogP contribution is 2.34. The SMILES string of the molecule is CC(Sc1cccc(NC(=O)/C(=C/c2ccc(Br)cc2)NC(=O)c2ccccc2)c1)C(=O)Nc1ccc2c(c1)OCO2. The molecule has 1 aliphatic heterocycles. The van der Waals surface area contributed by atoms with E-state index in [2.05, 4.69) is 31.9 Å². The monoisotopic (exact) mass is 643 g/mol. The quantitative estimate of drug-likeness (QED) is 0.138. The molecule has 10 heteroatoms. The molecule has 212 valence electrons. The van der Waals surface area contributed by atoms with Crippen molar-refractivity contribution in [2.45, 2.75) is 17.1 Å². The Balaban J connectivity index is 1.27. The predicted octanol–water partition coefficient (Wildman–Crippen LogP) is 6.71. The van der Waals surface area contributed by atoms with Crippen molar-refractivity contribution in [3.05, 3.63) is 118 Å². The number of ether oxygens (including phenoxy) is 2. The van der Waals surface area contributed by atoms with Crippen molar-refractivity contribution in [2.24, 2.45) is 0 Å². The van der Waals surface area contributed by atoms with Crippen LogP contribution in [0.3, 0.4) is 0 Å². The van der Waals surface area contributed by atoms with E-state index in [-0.39, 0.29) is 18.4 Å². The zero-order valence-electron chi connectivity index (χ0n) is 22.4. The molecule has 5 rings (SSSR count). The molecule has 0 aromatic heterocycles. The Hall–Kier alpha value is -4.54. The van der Waals surface area contributed by atoms with Crippen molar-refractivity contribution in [1.82, 2.24) is 5.32 Å². The molecule has 1 atom stereocenters. The molecule has 0 saturated heterocycles. The number of hydrogen-bond acceptors (Lipinski definition) is 6. The Kier molecular flexibility index (Phi) is 9.25. The van der Waals surface area contributed by atoms with Crippen LogP contribution in [0.15, 0.2) is 112 Å². The summed E-state index contributed by atoms with van der Waals surface area (Å²) in [5.74, 6) is 0.157. The molecule has 0 aliphatic carbocycles. The molecule has 1 aliphatic rings. The summed E-state index contributed by atoms with van der Waals surface area (Å²) in [5, 5.41) is 8.07. The van der Waals surface area contributed by atoms with Crippen molar-refractivity contribution >= 4 is 62.9 Å². The second-order valence-corrected chi connectivity index (χ2v) is 11.6. The van der Waals surface area contributed by atoms with E-state index in [0.717, 1.165) is 14.9 Å². The third kappa shape index (κ3) is 7.59. The topological polar surface area (TPSA) is 106 Å². The molecule has 4 aromatic carbocycles.